The second-order valence-corrected chi connectivity index (χ2v) is 6.23. The third kappa shape index (κ3) is 3.18. The zero-order chi connectivity index (χ0) is 14.2. The molecule has 1 aromatic carbocycles. The van der Waals surface area contributed by atoms with E-state index in [1.165, 1.54) is 0 Å². The van der Waals surface area contributed by atoms with E-state index in [1.54, 1.807) is 12.1 Å². The molecular formula is C14H15Cl3O2. The summed E-state index contributed by atoms with van der Waals surface area (Å²) in [6, 6.07) is 3.43. The Hall–Kier alpha value is -0.440. The van der Waals surface area contributed by atoms with E-state index in [4.69, 9.17) is 39.9 Å². The third-order valence-corrected chi connectivity index (χ3v) is 4.96. The first-order valence-corrected chi connectivity index (χ1v) is 7.45. The predicted octanol–water partition coefficient (Wildman–Crippen LogP) is 5.25. The molecule has 3 unspecified atom stereocenters. The van der Waals surface area contributed by atoms with Crippen molar-refractivity contribution in [3.05, 3.63) is 32.8 Å². The van der Waals surface area contributed by atoms with Gasteiger partial charge in [0.15, 0.2) is 0 Å². The Bertz CT molecular complexity index is 502. The average Bonchev–Trinajstić information content (AvgIpc) is 3.12. The number of benzene rings is 1. The number of carboxylic acid groups (broad SMARTS) is 1. The molecule has 0 heterocycles. The Labute approximate surface area is 127 Å². The largest absolute Gasteiger partial charge is 0.481 e. The van der Waals surface area contributed by atoms with Gasteiger partial charge in [0.1, 0.15) is 0 Å². The highest BCUT2D eigenvalue weighted by Crippen LogP contribution is 2.48. The molecule has 5 heteroatoms. The monoisotopic (exact) mass is 320 g/mol. The van der Waals surface area contributed by atoms with Crippen molar-refractivity contribution in [3.8, 4) is 0 Å². The van der Waals surface area contributed by atoms with Crippen molar-refractivity contribution >= 4 is 40.8 Å². The third-order valence-electron chi connectivity index (χ3n) is 3.81. The first-order valence-electron chi connectivity index (χ1n) is 6.31. The van der Waals surface area contributed by atoms with Crippen LogP contribution < -0.4 is 0 Å². The van der Waals surface area contributed by atoms with Crippen LogP contribution in [0.3, 0.4) is 0 Å². The van der Waals surface area contributed by atoms with Crippen LogP contribution in [0, 0.1) is 11.8 Å². The van der Waals surface area contributed by atoms with Gasteiger partial charge in [-0.15, -0.1) is 0 Å². The summed E-state index contributed by atoms with van der Waals surface area (Å²) < 4.78 is 0. The molecule has 0 spiro atoms. The fourth-order valence-corrected chi connectivity index (χ4v) is 3.43. The Morgan fingerprint density at radius 3 is 2.53 bits per heavy atom. The predicted molar refractivity (Wildman–Crippen MR) is 78.4 cm³/mol. The van der Waals surface area contributed by atoms with E-state index in [-0.39, 0.29) is 17.8 Å². The lowest BCUT2D eigenvalue weighted by Crippen LogP contribution is -2.05. The van der Waals surface area contributed by atoms with E-state index < -0.39 is 5.97 Å². The molecule has 1 N–H and O–H groups in total. The quantitative estimate of drug-likeness (QED) is 0.752. The van der Waals surface area contributed by atoms with Gasteiger partial charge in [-0.3, -0.25) is 4.79 Å². The molecule has 19 heavy (non-hydrogen) atoms. The van der Waals surface area contributed by atoms with E-state index >= 15 is 0 Å². The average molecular weight is 322 g/mol. The van der Waals surface area contributed by atoms with Gasteiger partial charge in [0, 0.05) is 5.02 Å². The summed E-state index contributed by atoms with van der Waals surface area (Å²) in [6.07, 6.45) is 2.41. The summed E-state index contributed by atoms with van der Waals surface area (Å²) in [5, 5.41) is 10.6. The van der Waals surface area contributed by atoms with Crippen molar-refractivity contribution in [1.82, 2.24) is 0 Å². The summed E-state index contributed by atoms with van der Waals surface area (Å²) in [7, 11) is 0. The molecule has 1 aliphatic carbocycles. The van der Waals surface area contributed by atoms with Crippen molar-refractivity contribution in [2.45, 2.75) is 32.1 Å². The molecule has 0 amide bonds. The Morgan fingerprint density at radius 1 is 1.37 bits per heavy atom. The Balaban J connectivity index is 2.19. The molecule has 0 radical (unpaired) electrons. The molecule has 2 rings (SSSR count). The van der Waals surface area contributed by atoms with Crippen LogP contribution in [0.1, 0.15) is 37.7 Å². The summed E-state index contributed by atoms with van der Waals surface area (Å²) in [4.78, 5) is 10.9. The van der Waals surface area contributed by atoms with Crippen molar-refractivity contribution in [2.24, 2.45) is 11.8 Å². The Morgan fingerprint density at radius 2 is 2.00 bits per heavy atom. The lowest BCUT2D eigenvalue weighted by atomic mass is 9.90. The SMILES string of the molecule is CCC(CC1CC1C(=O)O)c1c(Cl)ccc(Cl)c1Cl. The molecule has 3 atom stereocenters. The number of aliphatic carboxylic acids is 1. The second kappa shape index (κ2) is 5.90. The van der Waals surface area contributed by atoms with Crippen LogP contribution in [0.5, 0.6) is 0 Å². The second-order valence-electron chi connectivity index (χ2n) is 5.04. The lowest BCUT2D eigenvalue weighted by Gasteiger charge is -2.19. The normalized spacial score (nSPS) is 23.2. The van der Waals surface area contributed by atoms with Gasteiger partial charge in [-0.2, -0.15) is 0 Å². The van der Waals surface area contributed by atoms with Crippen LogP contribution in [0.25, 0.3) is 0 Å². The highest BCUT2D eigenvalue weighted by Gasteiger charge is 2.44. The van der Waals surface area contributed by atoms with Crippen molar-refractivity contribution < 1.29 is 9.90 Å². The minimum atomic E-state index is -0.705. The lowest BCUT2D eigenvalue weighted by molar-refractivity contribution is -0.138. The number of halogens is 3. The van der Waals surface area contributed by atoms with E-state index in [2.05, 4.69) is 6.92 Å². The van der Waals surface area contributed by atoms with Gasteiger partial charge in [0.25, 0.3) is 0 Å². The number of hydrogen-bond acceptors (Lipinski definition) is 1. The number of carboxylic acids is 1. The van der Waals surface area contributed by atoms with Crippen molar-refractivity contribution in [3.63, 3.8) is 0 Å². The molecule has 0 bridgehead atoms. The summed E-state index contributed by atoms with van der Waals surface area (Å²) in [6.45, 7) is 2.05. The standard InChI is InChI=1S/C14H15Cl3O2/c1-2-7(5-8-6-9(8)14(18)19)12-10(15)3-4-11(16)13(12)17/h3-4,7-9H,2,5-6H2,1H3,(H,18,19). The maximum absolute atomic E-state index is 10.9. The summed E-state index contributed by atoms with van der Waals surface area (Å²) in [5.41, 5.74) is 0.856. The molecule has 104 valence electrons. The van der Waals surface area contributed by atoms with Gasteiger partial charge >= 0.3 is 5.97 Å². The van der Waals surface area contributed by atoms with Gasteiger partial charge in [0.05, 0.1) is 16.0 Å². The molecule has 0 saturated heterocycles. The summed E-state index contributed by atoms with van der Waals surface area (Å²) >= 11 is 18.5. The van der Waals surface area contributed by atoms with Crippen molar-refractivity contribution in [1.29, 1.82) is 0 Å². The molecule has 0 aromatic heterocycles. The fourth-order valence-electron chi connectivity index (χ4n) is 2.58. The van der Waals surface area contributed by atoms with Crippen molar-refractivity contribution in [2.75, 3.05) is 0 Å². The van der Waals surface area contributed by atoms with Gasteiger partial charge in [-0.1, -0.05) is 41.7 Å². The van der Waals surface area contributed by atoms with Crippen LogP contribution in [0.2, 0.25) is 15.1 Å². The van der Waals surface area contributed by atoms with Gasteiger partial charge in [0.2, 0.25) is 0 Å². The molecular weight excluding hydrogens is 307 g/mol. The molecule has 0 aliphatic heterocycles. The zero-order valence-electron chi connectivity index (χ0n) is 10.5. The number of hydrogen-bond donors (Lipinski definition) is 1. The van der Waals surface area contributed by atoms with Crippen LogP contribution in [-0.2, 0) is 4.79 Å². The molecule has 1 fully saturated rings. The molecule has 1 saturated carbocycles. The van der Waals surface area contributed by atoms with E-state index in [0.717, 1.165) is 24.8 Å². The summed E-state index contributed by atoms with van der Waals surface area (Å²) in [5.74, 6) is -0.518. The van der Waals surface area contributed by atoms with Crippen LogP contribution in [0.15, 0.2) is 12.1 Å². The van der Waals surface area contributed by atoms with Crippen LogP contribution in [-0.4, -0.2) is 11.1 Å². The zero-order valence-corrected chi connectivity index (χ0v) is 12.8. The topological polar surface area (TPSA) is 37.3 Å². The number of carbonyl (C=O) groups is 1. The van der Waals surface area contributed by atoms with Gasteiger partial charge < -0.3 is 5.11 Å². The molecule has 2 nitrogen and oxygen atoms in total. The molecule has 1 aromatic rings. The fraction of sp³-hybridized carbons (Fsp3) is 0.500. The maximum atomic E-state index is 10.9. The minimum absolute atomic E-state index is 0.160. The first kappa shape index (κ1) is 15.0. The maximum Gasteiger partial charge on any atom is 0.306 e. The van der Waals surface area contributed by atoms with E-state index in [0.29, 0.717) is 15.1 Å². The van der Waals surface area contributed by atoms with Crippen LogP contribution >= 0.6 is 34.8 Å². The minimum Gasteiger partial charge on any atom is -0.481 e. The highest BCUT2D eigenvalue weighted by molar-refractivity contribution is 6.44. The first-order chi connectivity index (χ1) is 8.95. The van der Waals surface area contributed by atoms with Crippen LogP contribution in [0.4, 0.5) is 0 Å². The number of rotatable bonds is 5. The van der Waals surface area contributed by atoms with E-state index in [9.17, 15) is 4.79 Å². The smallest absolute Gasteiger partial charge is 0.306 e. The molecule has 1 aliphatic rings. The highest BCUT2D eigenvalue weighted by atomic mass is 35.5. The Kier molecular flexibility index (Phi) is 4.65. The van der Waals surface area contributed by atoms with E-state index in [1.807, 2.05) is 0 Å². The van der Waals surface area contributed by atoms with Gasteiger partial charge in [-0.25, -0.2) is 0 Å². The van der Waals surface area contributed by atoms with Gasteiger partial charge in [-0.05, 0) is 48.8 Å².